The van der Waals surface area contributed by atoms with Crippen molar-refractivity contribution in [3.05, 3.63) is 181 Å². The van der Waals surface area contributed by atoms with Crippen molar-refractivity contribution in [2.75, 3.05) is 0 Å². The molecule has 0 saturated heterocycles. The first kappa shape index (κ1) is 30.9. The molecule has 0 aliphatic rings. The van der Waals surface area contributed by atoms with Gasteiger partial charge in [0.05, 0.1) is 45.6 Å². The molecule has 250 valence electrons. The molecule has 7 heteroatoms. The van der Waals surface area contributed by atoms with Crippen molar-refractivity contribution in [2.24, 2.45) is 0 Å². The van der Waals surface area contributed by atoms with Gasteiger partial charge in [0.2, 0.25) is 5.69 Å². The SMILES string of the molecule is [C-]#[N+]c1cc(-c2nc(-c3ccccc3)nc(-c3ccccc3)n2)c(C#N)c(-n2c3ccccc3c3ccccc32)c1-n1c2ccccc2c2ccccc21. The average molecular weight is 690 g/mol. The summed E-state index contributed by atoms with van der Waals surface area (Å²) < 4.78 is 4.28. The van der Waals surface area contributed by atoms with Crippen LogP contribution in [0.5, 0.6) is 0 Å². The van der Waals surface area contributed by atoms with Crippen LogP contribution in [-0.2, 0) is 0 Å². The fourth-order valence-electron chi connectivity index (χ4n) is 7.71. The molecular formula is C47H27N7. The van der Waals surface area contributed by atoms with Gasteiger partial charge in [0.1, 0.15) is 6.07 Å². The van der Waals surface area contributed by atoms with E-state index in [-0.39, 0.29) is 0 Å². The fourth-order valence-corrected chi connectivity index (χ4v) is 7.71. The Balaban J connectivity index is 1.40. The van der Waals surface area contributed by atoms with Gasteiger partial charge in [-0.25, -0.2) is 19.8 Å². The minimum atomic E-state index is 0.306. The Morgan fingerprint density at radius 3 is 1.24 bits per heavy atom. The van der Waals surface area contributed by atoms with Crippen molar-refractivity contribution >= 4 is 49.3 Å². The molecule has 0 bridgehead atoms. The predicted octanol–water partition coefficient (Wildman–Crippen LogP) is 11.5. The van der Waals surface area contributed by atoms with Crippen LogP contribution >= 0.6 is 0 Å². The quantitative estimate of drug-likeness (QED) is 0.169. The molecule has 0 aliphatic carbocycles. The molecule has 0 atom stereocenters. The molecule has 0 fully saturated rings. The van der Waals surface area contributed by atoms with Crippen molar-refractivity contribution in [1.82, 2.24) is 24.1 Å². The Morgan fingerprint density at radius 1 is 0.463 bits per heavy atom. The lowest BCUT2D eigenvalue weighted by molar-refractivity contribution is 1.06. The molecule has 0 unspecified atom stereocenters. The third-order valence-electron chi connectivity index (χ3n) is 10.0. The Labute approximate surface area is 310 Å². The fraction of sp³-hybridized carbons (Fsp3) is 0. The minimum Gasteiger partial charge on any atom is -0.317 e. The van der Waals surface area contributed by atoms with Crippen LogP contribution in [0, 0.1) is 17.9 Å². The highest BCUT2D eigenvalue weighted by atomic mass is 15.1. The number of benzene rings is 7. The van der Waals surface area contributed by atoms with Crippen LogP contribution in [0.3, 0.4) is 0 Å². The van der Waals surface area contributed by atoms with Gasteiger partial charge in [0.15, 0.2) is 17.5 Å². The van der Waals surface area contributed by atoms with E-state index >= 15 is 0 Å². The van der Waals surface area contributed by atoms with Crippen molar-refractivity contribution < 1.29 is 0 Å². The van der Waals surface area contributed by atoms with E-state index in [1.54, 1.807) is 6.07 Å². The van der Waals surface area contributed by atoms with Gasteiger partial charge in [-0.05, 0) is 30.3 Å². The Morgan fingerprint density at radius 2 is 0.833 bits per heavy atom. The van der Waals surface area contributed by atoms with Crippen molar-refractivity contribution in [3.8, 4) is 51.6 Å². The highest BCUT2D eigenvalue weighted by Crippen LogP contribution is 2.46. The normalized spacial score (nSPS) is 11.3. The summed E-state index contributed by atoms with van der Waals surface area (Å²) in [6.07, 6.45) is 0. The summed E-state index contributed by atoms with van der Waals surface area (Å²) in [6, 6.07) is 56.7. The number of rotatable bonds is 5. The molecule has 0 spiro atoms. The van der Waals surface area contributed by atoms with Crippen molar-refractivity contribution in [3.63, 3.8) is 0 Å². The Bertz CT molecular complexity index is 3020. The molecule has 0 amide bonds. The number of fused-ring (bicyclic) bond motifs is 6. The van der Waals surface area contributed by atoms with E-state index in [2.05, 4.69) is 68.6 Å². The second-order valence-corrected chi connectivity index (χ2v) is 13.0. The third-order valence-corrected chi connectivity index (χ3v) is 10.0. The molecule has 54 heavy (non-hydrogen) atoms. The average Bonchev–Trinajstić information content (AvgIpc) is 3.76. The van der Waals surface area contributed by atoms with Crippen LogP contribution in [-0.4, -0.2) is 24.1 Å². The maximum Gasteiger partial charge on any atom is 0.213 e. The predicted molar refractivity (Wildman–Crippen MR) is 216 cm³/mol. The molecule has 0 saturated carbocycles. The van der Waals surface area contributed by atoms with Gasteiger partial charge in [-0.1, -0.05) is 133 Å². The summed E-state index contributed by atoms with van der Waals surface area (Å²) in [5.74, 6) is 1.25. The third kappa shape index (κ3) is 4.70. The second kappa shape index (κ2) is 12.4. The van der Waals surface area contributed by atoms with Gasteiger partial charge < -0.3 is 9.13 Å². The van der Waals surface area contributed by atoms with Gasteiger partial charge in [0, 0.05) is 38.2 Å². The highest BCUT2D eigenvalue weighted by Gasteiger charge is 2.28. The zero-order valence-electron chi connectivity index (χ0n) is 28.7. The zero-order valence-corrected chi connectivity index (χ0v) is 28.7. The smallest absolute Gasteiger partial charge is 0.213 e. The topological polar surface area (TPSA) is 76.7 Å². The Kier molecular flexibility index (Phi) is 7.11. The largest absolute Gasteiger partial charge is 0.317 e. The minimum absolute atomic E-state index is 0.306. The van der Waals surface area contributed by atoms with E-state index < -0.39 is 0 Å². The van der Waals surface area contributed by atoms with Gasteiger partial charge in [-0.15, -0.1) is 0 Å². The number of aromatic nitrogens is 5. The molecule has 10 aromatic rings. The molecular weight excluding hydrogens is 663 g/mol. The summed E-state index contributed by atoms with van der Waals surface area (Å²) in [4.78, 5) is 19.2. The van der Waals surface area contributed by atoms with Crippen LogP contribution in [0.4, 0.5) is 5.69 Å². The van der Waals surface area contributed by atoms with Gasteiger partial charge in [0.25, 0.3) is 0 Å². The van der Waals surface area contributed by atoms with E-state index in [9.17, 15) is 5.26 Å². The number of para-hydroxylation sites is 4. The Hall–Kier alpha value is -7.87. The molecule has 0 N–H and O–H groups in total. The van der Waals surface area contributed by atoms with Gasteiger partial charge in [-0.2, -0.15) is 5.26 Å². The molecule has 10 rings (SSSR count). The van der Waals surface area contributed by atoms with Crippen molar-refractivity contribution in [1.29, 1.82) is 5.26 Å². The molecule has 3 aromatic heterocycles. The first-order valence-electron chi connectivity index (χ1n) is 17.6. The summed E-state index contributed by atoms with van der Waals surface area (Å²) >= 11 is 0. The van der Waals surface area contributed by atoms with E-state index in [0.717, 1.165) is 54.7 Å². The van der Waals surface area contributed by atoms with Crippen LogP contribution in [0.25, 0.3) is 94.0 Å². The van der Waals surface area contributed by atoms with Crippen LogP contribution < -0.4 is 0 Å². The molecule has 0 aliphatic heterocycles. The summed E-state index contributed by atoms with van der Waals surface area (Å²) in [5, 5.41) is 15.7. The molecule has 0 radical (unpaired) electrons. The van der Waals surface area contributed by atoms with E-state index in [0.29, 0.717) is 45.7 Å². The summed E-state index contributed by atoms with van der Waals surface area (Å²) in [5.41, 5.74) is 7.64. The summed E-state index contributed by atoms with van der Waals surface area (Å²) in [6.45, 7) is 8.76. The first-order chi connectivity index (χ1) is 26.7. The van der Waals surface area contributed by atoms with Crippen LogP contribution in [0.15, 0.2) is 164 Å². The first-order valence-corrected chi connectivity index (χ1v) is 17.6. The highest BCUT2D eigenvalue weighted by molar-refractivity contribution is 6.12. The maximum atomic E-state index is 11.5. The standard InChI is InChI=1S/C47H27N7/c1-49-38-28-36(47-51-45(30-16-4-2-5-17-30)50-46(52-47)31-18-6-3-7-19-31)37(29-48)43(53-39-24-12-8-20-32(39)33-21-9-13-25-40(33)53)44(38)54-41-26-14-10-22-34(41)35-23-11-15-27-42(35)54/h2-28H. The second-order valence-electron chi connectivity index (χ2n) is 13.0. The molecule has 7 aromatic carbocycles. The molecule has 3 heterocycles. The lowest BCUT2D eigenvalue weighted by Gasteiger charge is -2.22. The zero-order chi connectivity index (χ0) is 36.2. The lowest BCUT2D eigenvalue weighted by atomic mass is 10.0. The molecule has 7 nitrogen and oxygen atoms in total. The van der Waals surface area contributed by atoms with Crippen LogP contribution in [0.2, 0.25) is 0 Å². The monoisotopic (exact) mass is 689 g/mol. The lowest BCUT2D eigenvalue weighted by Crippen LogP contribution is -2.09. The number of nitriles is 1. The van der Waals surface area contributed by atoms with Gasteiger partial charge >= 0.3 is 0 Å². The van der Waals surface area contributed by atoms with E-state index in [1.807, 2.05) is 109 Å². The van der Waals surface area contributed by atoms with Crippen molar-refractivity contribution in [2.45, 2.75) is 0 Å². The van der Waals surface area contributed by atoms with E-state index in [4.69, 9.17) is 21.5 Å². The number of nitrogens with zero attached hydrogens (tertiary/aromatic N) is 7. The number of hydrogen-bond acceptors (Lipinski definition) is 4. The van der Waals surface area contributed by atoms with E-state index in [1.165, 1.54) is 0 Å². The van der Waals surface area contributed by atoms with Gasteiger partial charge in [-0.3, -0.25) is 0 Å². The number of hydrogen-bond donors (Lipinski definition) is 0. The summed E-state index contributed by atoms with van der Waals surface area (Å²) in [7, 11) is 0. The maximum absolute atomic E-state index is 11.5. The van der Waals surface area contributed by atoms with Crippen LogP contribution in [0.1, 0.15) is 5.56 Å².